The maximum absolute atomic E-state index is 15.6. The highest BCUT2D eigenvalue weighted by molar-refractivity contribution is 6.00. The zero-order valence-corrected chi connectivity index (χ0v) is 58.6. The number of aliphatic imine (C=N–C) groups is 1. The summed E-state index contributed by atoms with van der Waals surface area (Å²) in [5, 5.41) is 71.1. The zero-order chi connectivity index (χ0) is 75.5. The summed E-state index contributed by atoms with van der Waals surface area (Å²) in [6.07, 6.45) is -9.74. The molecule has 0 aliphatic carbocycles. The molecule has 556 valence electrons. The Morgan fingerprint density at radius 3 is 1.73 bits per heavy atom. The van der Waals surface area contributed by atoms with E-state index in [-0.39, 0.29) is 56.6 Å². The largest absolute Gasteiger partial charge is 0.453 e. The van der Waals surface area contributed by atoms with E-state index in [1.165, 1.54) is 44.2 Å². The molecule has 2 aromatic rings. The highest BCUT2D eigenvalue weighted by Crippen LogP contribution is 2.25. The highest BCUT2D eigenvalue weighted by Gasteiger charge is 2.44. The van der Waals surface area contributed by atoms with E-state index in [9.17, 15) is 68.4 Å². The third kappa shape index (κ3) is 28.0. The van der Waals surface area contributed by atoms with Crippen LogP contribution in [-0.2, 0) is 73.4 Å². The minimum atomic E-state index is -2.60. The summed E-state index contributed by atoms with van der Waals surface area (Å²) in [6.45, 7) is 16.3. The summed E-state index contributed by atoms with van der Waals surface area (Å²) in [5.74, 6) is -17.9. The van der Waals surface area contributed by atoms with E-state index in [0.717, 1.165) is 6.92 Å². The SMILES string of the molecule is CC[C@H](C)C1NC(=O)[C@@H](CCCN=C(N)N)NC(=O)[C@H](CC(C)C)NC(=O)[C@H]([C@H](O)C(C)C)NC(=O)[C@@H](NC(=O)[C@H](CC(C)C)NC(=O)[C@@H](Cc2ccccc2)NC(=O)OC(C)(C)C)[C@@H](c2ccccc2)OC(=O)[C@H](CO)NC(=O)[C@H]([C@H](O)C(N)=O)NC(=O)CNC(=O)[C@H]([C@H](C)O)NC1=O. The van der Waals surface area contributed by atoms with Gasteiger partial charge in [-0.1, -0.05) is 122 Å². The number of primary amides is 1. The molecule has 1 aliphatic rings. The molecular weight excluding hydrogens is 1310 g/mol. The first-order valence-electron chi connectivity index (χ1n) is 33.1. The fourth-order valence-corrected chi connectivity index (χ4v) is 10.1. The van der Waals surface area contributed by atoms with Gasteiger partial charge in [0, 0.05) is 13.0 Å². The number of alkyl carbamates (subject to hydrolysis) is 1. The Morgan fingerprint density at radius 2 is 1.19 bits per heavy atom. The number of hydrogen-bond acceptors (Lipinski definition) is 20. The van der Waals surface area contributed by atoms with Crippen molar-refractivity contribution in [2.24, 2.45) is 45.9 Å². The molecule has 21 N–H and O–H groups in total. The van der Waals surface area contributed by atoms with E-state index in [4.69, 9.17) is 26.7 Å². The van der Waals surface area contributed by atoms with E-state index >= 15 is 14.4 Å². The van der Waals surface area contributed by atoms with Crippen molar-refractivity contribution in [1.82, 2.24) is 58.5 Å². The van der Waals surface area contributed by atoms with Gasteiger partial charge in [0.05, 0.1) is 25.4 Å². The van der Waals surface area contributed by atoms with Crippen LogP contribution in [0.2, 0.25) is 0 Å². The Hall–Kier alpha value is -9.54. The molecule has 0 spiro atoms. The van der Waals surface area contributed by atoms with Crippen LogP contribution >= 0.6 is 0 Å². The number of nitrogens with one attached hydrogen (secondary N) is 11. The van der Waals surface area contributed by atoms with Crippen molar-refractivity contribution in [3.63, 3.8) is 0 Å². The van der Waals surface area contributed by atoms with Crippen LogP contribution in [0.15, 0.2) is 65.7 Å². The first-order chi connectivity index (χ1) is 46.8. The topological polar surface area (TPSA) is 544 Å². The number of carbonyl (C=O) groups is 13. The third-order valence-electron chi connectivity index (χ3n) is 15.7. The van der Waals surface area contributed by atoms with Crippen LogP contribution in [0.5, 0.6) is 0 Å². The normalized spacial score (nSPS) is 23.4. The minimum absolute atomic E-state index is 0.0272. The number of carbonyl (C=O) groups excluding carboxylic acids is 13. The van der Waals surface area contributed by atoms with Crippen molar-refractivity contribution >= 4 is 83.0 Å². The van der Waals surface area contributed by atoms with E-state index in [1.54, 1.807) is 92.6 Å². The number of cyclic esters (lactones) is 1. The van der Waals surface area contributed by atoms with Crippen molar-refractivity contribution < 1.29 is 92.2 Å². The van der Waals surface area contributed by atoms with E-state index < -0.39 is 204 Å². The lowest BCUT2D eigenvalue weighted by atomic mass is 9.95. The molecule has 34 nitrogen and oxygen atoms in total. The van der Waals surface area contributed by atoms with Crippen molar-refractivity contribution in [2.75, 3.05) is 19.7 Å². The smallest absolute Gasteiger partial charge is 0.408 e. The fraction of sp³-hybridized carbons (Fsp3) is 0.606. The quantitative estimate of drug-likeness (QED) is 0.0208. The van der Waals surface area contributed by atoms with Crippen molar-refractivity contribution in [3.8, 4) is 0 Å². The van der Waals surface area contributed by atoms with Crippen LogP contribution in [-0.4, -0.2) is 207 Å². The second-order valence-electron chi connectivity index (χ2n) is 26.7. The molecule has 34 heteroatoms. The highest BCUT2D eigenvalue weighted by atomic mass is 16.6. The number of ether oxygens (including phenoxy) is 2. The van der Waals surface area contributed by atoms with Gasteiger partial charge < -0.3 is 106 Å². The molecule has 15 atom stereocenters. The molecular formula is C66H103N15O19. The number of amides is 12. The average molecular weight is 1410 g/mol. The van der Waals surface area contributed by atoms with Crippen LogP contribution in [0, 0.1) is 23.7 Å². The van der Waals surface area contributed by atoms with Crippen LogP contribution in [0.1, 0.15) is 132 Å². The predicted molar refractivity (Wildman–Crippen MR) is 362 cm³/mol. The summed E-state index contributed by atoms with van der Waals surface area (Å²) in [4.78, 5) is 190. The maximum atomic E-state index is 15.6. The number of benzene rings is 2. The fourth-order valence-electron chi connectivity index (χ4n) is 10.1. The molecule has 1 saturated heterocycles. The Bertz CT molecular complexity index is 3150. The van der Waals surface area contributed by atoms with Gasteiger partial charge in [0.25, 0.3) is 0 Å². The van der Waals surface area contributed by atoms with Gasteiger partial charge in [-0.2, -0.15) is 0 Å². The Balaban J connectivity index is 2.45. The van der Waals surface area contributed by atoms with Gasteiger partial charge in [0.15, 0.2) is 24.2 Å². The Morgan fingerprint density at radius 1 is 0.640 bits per heavy atom. The van der Waals surface area contributed by atoms with Crippen LogP contribution < -0.4 is 75.7 Å². The Kier molecular flexibility index (Phi) is 34.3. The Labute approximate surface area is 581 Å². The van der Waals surface area contributed by atoms with E-state index in [0.29, 0.717) is 5.56 Å². The summed E-state index contributed by atoms with van der Waals surface area (Å²) < 4.78 is 11.5. The molecule has 0 radical (unpaired) electrons. The van der Waals surface area contributed by atoms with Crippen molar-refractivity contribution in [2.45, 2.75) is 212 Å². The molecule has 0 bridgehead atoms. The van der Waals surface area contributed by atoms with Gasteiger partial charge in [0.2, 0.25) is 65.0 Å². The van der Waals surface area contributed by atoms with Crippen LogP contribution in [0.4, 0.5) is 4.79 Å². The number of nitrogens with two attached hydrogens (primary N) is 3. The van der Waals surface area contributed by atoms with Gasteiger partial charge in [-0.05, 0) is 88.2 Å². The second-order valence-corrected chi connectivity index (χ2v) is 26.7. The number of rotatable bonds is 24. The lowest BCUT2D eigenvalue weighted by molar-refractivity contribution is -0.159. The minimum Gasteiger partial charge on any atom is -0.453 e. The van der Waals surface area contributed by atoms with Gasteiger partial charge >= 0.3 is 12.1 Å². The number of nitrogens with zero attached hydrogens (tertiary/aromatic N) is 1. The molecule has 1 fully saturated rings. The van der Waals surface area contributed by atoms with Crippen molar-refractivity contribution in [3.05, 3.63) is 71.8 Å². The zero-order valence-electron chi connectivity index (χ0n) is 58.6. The summed E-state index contributed by atoms with van der Waals surface area (Å²) in [5.41, 5.74) is 15.9. The van der Waals surface area contributed by atoms with Gasteiger partial charge in [-0.3, -0.25) is 57.7 Å². The van der Waals surface area contributed by atoms with Gasteiger partial charge in [-0.25, -0.2) is 9.59 Å². The first-order valence-corrected chi connectivity index (χ1v) is 33.1. The van der Waals surface area contributed by atoms with Gasteiger partial charge in [-0.15, -0.1) is 0 Å². The summed E-state index contributed by atoms with van der Waals surface area (Å²) in [6, 6.07) is -3.17. The molecule has 12 amide bonds. The number of guanidine groups is 1. The average Bonchev–Trinajstić information content (AvgIpc) is 0.831. The number of aliphatic hydroxyl groups is 4. The molecule has 1 aliphatic heterocycles. The molecule has 1 heterocycles. The second kappa shape index (κ2) is 40.5. The molecule has 2 aromatic carbocycles. The van der Waals surface area contributed by atoms with Crippen LogP contribution in [0.25, 0.3) is 0 Å². The predicted octanol–water partition coefficient (Wildman–Crippen LogP) is -3.67. The lowest BCUT2D eigenvalue weighted by Gasteiger charge is -2.34. The number of hydrogen-bond donors (Lipinski definition) is 18. The van der Waals surface area contributed by atoms with E-state index in [1.807, 2.05) is 10.6 Å². The standard InChI is InChI=1S/C66H103N15O19/c1-13-35(8)45-59(93)79-46(36(9)83)58(92)71-30-44(84)77-48(51(86)53(67)87)61(95)75-43(31-82)63(97)99-52(38-23-18-15-19-24-38)49(81-57(91)41(28-33(4)5)73-56(90)42(29-37-21-16-14-17-22-37)76-65(98)100-66(10,11)12)62(96)80-47(50(85)34(6)7)60(94)74-40(27-32(2)3)55(89)72-39(54(88)78-45)25-20-26-70-64(68)69/h14-19,21-24,32-36,39-43,45-52,82-83,85-86H,13,20,25-31H2,1-12H3,(H2,67,87)(H,71,92)(H,72,89)(H,73,90)(H,74,94)(H,75,95)(H,76,98)(H,77,84)(H,78,88)(H,79,93)(H,80,96)(H,81,91)(H4,68,69,70)/t35-,36-,39+,40-,41-,42+,43-,45?,46-,47-,48-,49-,50+,51-,52+/m0/s1. The molecule has 0 saturated carbocycles. The van der Waals surface area contributed by atoms with Crippen molar-refractivity contribution in [1.29, 1.82) is 0 Å². The molecule has 1 unspecified atom stereocenters. The monoisotopic (exact) mass is 1410 g/mol. The van der Waals surface area contributed by atoms with Crippen LogP contribution in [0.3, 0.4) is 0 Å². The molecule has 3 rings (SSSR count). The summed E-state index contributed by atoms with van der Waals surface area (Å²) >= 11 is 0. The molecule has 100 heavy (non-hydrogen) atoms. The summed E-state index contributed by atoms with van der Waals surface area (Å²) in [7, 11) is 0. The van der Waals surface area contributed by atoms with Gasteiger partial charge in [0.1, 0.15) is 60.0 Å². The molecule has 0 aromatic heterocycles. The van der Waals surface area contributed by atoms with E-state index in [2.05, 4.69) is 52.8 Å². The number of esters is 1. The number of aliphatic hydroxyl groups excluding tert-OH is 4. The first kappa shape index (κ1) is 84.7. The third-order valence-corrected chi connectivity index (χ3v) is 15.7. The maximum Gasteiger partial charge on any atom is 0.408 e. The lowest BCUT2D eigenvalue weighted by Crippen LogP contribution is -2.64.